The second-order valence-corrected chi connectivity index (χ2v) is 7.54. The maximum absolute atomic E-state index is 13.0. The van der Waals surface area contributed by atoms with E-state index in [2.05, 4.69) is 11.4 Å². The summed E-state index contributed by atoms with van der Waals surface area (Å²) in [5, 5.41) is 13.1. The summed E-state index contributed by atoms with van der Waals surface area (Å²) >= 11 is 0. The standard InChI is InChI=1S/C23H21N3O3/c1-12(2)29-23(28)19-14(4)25-13(3)17(11-24)21(19)15-7-5-8-16-20(15)18-9-6-10-26(18)22(16)27/h5-10,12,21,25H,1-4H3. The van der Waals surface area contributed by atoms with Crippen LogP contribution >= 0.6 is 0 Å². The Bertz CT molecular complexity index is 1160. The predicted molar refractivity (Wildman–Crippen MR) is 108 cm³/mol. The summed E-state index contributed by atoms with van der Waals surface area (Å²) < 4.78 is 7.09. The van der Waals surface area contributed by atoms with Crippen LogP contribution < -0.4 is 5.32 Å². The zero-order valence-electron chi connectivity index (χ0n) is 16.7. The lowest BCUT2D eigenvalue weighted by Crippen LogP contribution is -2.30. The van der Waals surface area contributed by atoms with Crippen molar-refractivity contribution in [3.63, 3.8) is 0 Å². The first-order chi connectivity index (χ1) is 13.8. The van der Waals surface area contributed by atoms with E-state index in [9.17, 15) is 14.9 Å². The fraction of sp³-hybridized carbons (Fsp3) is 0.261. The van der Waals surface area contributed by atoms with E-state index in [1.165, 1.54) is 0 Å². The normalized spacial score (nSPS) is 17.8. The van der Waals surface area contributed by atoms with Crippen LogP contribution in [0.15, 0.2) is 59.1 Å². The van der Waals surface area contributed by atoms with Gasteiger partial charge in [-0.1, -0.05) is 12.1 Å². The molecular weight excluding hydrogens is 366 g/mol. The molecule has 0 radical (unpaired) electrons. The fourth-order valence-electron chi connectivity index (χ4n) is 4.17. The Morgan fingerprint density at radius 2 is 1.97 bits per heavy atom. The molecule has 0 bridgehead atoms. The molecule has 2 aliphatic rings. The molecule has 0 amide bonds. The molecule has 1 N–H and O–H groups in total. The molecule has 29 heavy (non-hydrogen) atoms. The Morgan fingerprint density at radius 3 is 2.66 bits per heavy atom. The third-order valence-corrected chi connectivity index (χ3v) is 5.31. The topological polar surface area (TPSA) is 84.1 Å². The van der Waals surface area contributed by atoms with E-state index < -0.39 is 11.9 Å². The van der Waals surface area contributed by atoms with Crippen LogP contribution in [0.2, 0.25) is 0 Å². The first-order valence-electron chi connectivity index (χ1n) is 9.50. The molecule has 0 saturated heterocycles. The summed E-state index contributed by atoms with van der Waals surface area (Å²) in [6, 6.07) is 11.4. The number of esters is 1. The number of allylic oxidation sites excluding steroid dienone is 3. The van der Waals surface area contributed by atoms with E-state index in [1.807, 2.05) is 25.1 Å². The first kappa shape index (κ1) is 18.8. The highest BCUT2D eigenvalue weighted by atomic mass is 16.5. The Labute approximate surface area is 169 Å². The average Bonchev–Trinajstić information content (AvgIpc) is 3.23. The van der Waals surface area contributed by atoms with Crippen LogP contribution in [0.4, 0.5) is 0 Å². The third-order valence-electron chi connectivity index (χ3n) is 5.31. The van der Waals surface area contributed by atoms with E-state index in [0.717, 1.165) is 16.8 Å². The van der Waals surface area contributed by atoms with Crippen LogP contribution in [0.25, 0.3) is 11.3 Å². The van der Waals surface area contributed by atoms with Crippen molar-refractivity contribution in [3.8, 4) is 17.3 Å². The number of benzene rings is 1. The monoisotopic (exact) mass is 387 g/mol. The van der Waals surface area contributed by atoms with E-state index in [4.69, 9.17) is 4.74 Å². The van der Waals surface area contributed by atoms with Gasteiger partial charge in [0.15, 0.2) is 0 Å². The van der Waals surface area contributed by atoms with Crippen molar-refractivity contribution in [3.05, 3.63) is 70.2 Å². The van der Waals surface area contributed by atoms with Crippen molar-refractivity contribution in [2.75, 3.05) is 0 Å². The van der Waals surface area contributed by atoms with Crippen molar-refractivity contribution in [2.45, 2.75) is 39.7 Å². The summed E-state index contributed by atoms with van der Waals surface area (Å²) in [7, 11) is 0. The molecule has 0 saturated carbocycles. The van der Waals surface area contributed by atoms with Gasteiger partial charge in [-0.2, -0.15) is 5.26 Å². The molecule has 4 rings (SSSR count). The molecule has 1 aromatic heterocycles. The Balaban J connectivity index is 1.98. The van der Waals surface area contributed by atoms with E-state index in [1.54, 1.807) is 43.7 Å². The van der Waals surface area contributed by atoms with Crippen LogP contribution in [0.3, 0.4) is 0 Å². The third kappa shape index (κ3) is 2.78. The van der Waals surface area contributed by atoms with Crippen LogP contribution in [-0.4, -0.2) is 22.5 Å². The van der Waals surface area contributed by atoms with Crippen LogP contribution in [0, 0.1) is 11.3 Å². The van der Waals surface area contributed by atoms with Gasteiger partial charge in [0.25, 0.3) is 5.91 Å². The van der Waals surface area contributed by atoms with Gasteiger partial charge < -0.3 is 10.1 Å². The Kier molecular flexibility index (Phi) is 4.39. The predicted octanol–water partition coefficient (Wildman–Crippen LogP) is 3.87. The van der Waals surface area contributed by atoms with Crippen molar-refractivity contribution in [1.82, 2.24) is 9.88 Å². The molecule has 1 unspecified atom stereocenters. The number of carbonyl (C=O) groups is 2. The second kappa shape index (κ2) is 6.78. The maximum Gasteiger partial charge on any atom is 0.337 e. The molecule has 1 aromatic carbocycles. The molecule has 0 spiro atoms. The second-order valence-electron chi connectivity index (χ2n) is 7.54. The molecule has 0 aliphatic carbocycles. The highest BCUT2D eigenvalue weighted by Gasteiger charge is 2.38. The fourth-order valence-corrected chi connectivity index (χ4v) is 4.17. The number of ether oxygens (including phenoxy) is 1. The number of nitrogens with one attached hydrogen (secondary N) is 1. The van der Waals surface area contributed by atoms with Gasteiger partial charge in [-0.15, -0.1) is 0 Å². The van der Waals surface area contributed by atoms with Gasteiger partial charge in [0.05, 0.1) is 34.9 Å². The molecule has 3 heterocycles. The number of dihydropyridines is 1. The van der Waals surface area contributed by atoms with Crippen LogP contribution in [0.5, 0.6) is 0 Å². The molecule has 0 fully saturated rings. The van der Waals surface area contributed by atoms with Crippen LogP contribution in [0.1, 0.15) is 49.5 Å². The highest BCUT2D eigenvalue weighted by Crippen LogP contribution is 2.45. The minimum Gasteiger partial charge on any atom is -0.460 e. The molecule has 146 valence electrons. The summed E-state index contributed by atoms with van der Waals surface area (Å²) in [5.74, 6) is -1.19. The van der Waals surface area contributed by atoms with Gasteiger partial charge in [0.2, 0.25) is 0 Å². The number of fused-ring (bicyclic) bond motifs is 3. The SMILES string of the molecule is CC1=C(C#N)C(c2cccc3c2-c2cccn2C3=O)C(C(=O)OC(C)C)=C(C)N1. The van der Waals surface area contributed by atoms with Gasteiger partial charge >= 0.3 is 5.97 Å². The zero-order valence-corrected chi connectivity index (χ0v) is 16.7. The maximum atomic E-state index is 13.0. The van der Waals surface area contributed by atoms with Crippen LogP contribution in [-0.2, 0) is 9.53 Å². The number of hydrogen-bond acceptors (Lipinski definition) is 5. The van der Waals surface area contributed by atoms with Crippen molar-refractivity contribution in [2.24, 2.45) is 0 Å². The van der Waals surface area contributed by atoms with Gasteiger partial charge in [0, 0.05) is 28.7 Å². The number of carbonyl (C=O) groups excluding carboxylic acids is 2. The minimum absolute atomic E-state index is 0.109. The number of rotatable bonds is 3. The Morgan fingerprint density at radius 1 is 1.21 bits per heavy atom. The lowest BCUT2D eigenvalue weighted by molar-refractivity contribution is -0.143. The minimum atomic E-state index is -0.614. The molecule has 2 aliphatic heterocycles. The lowest BCUT2D eigenvalue weighted by Gasteiger charge is -2.30. The molecule has 6 nitrogen and oxygen atoms in total. The quantitative estimate of drug-likeness (QED) is 0.690. The summed E-state index contributed by atoms with van der Waals surface area (Å²) in [4.78, 5) is 25.8. The first-order valence-corrected chi connectivity index (χ1v) is 9.50. The number of nitriles is 1. The molecule has 2 aromatic rings. The number of nitrogens with zero attached hydrogens (tertiary/aromatic N) is 2. The van der Waals surface area contributed by atoms with Crippen molar-refractivity contribution >= 4 is 11.9 Å². The molecular formula is C23H21N3O3. The Hall–Kier alpha value is -3.59. The van der Waals surface area contributed by atoms with Crippen molar-refractivity contribution in [1.29, 1.82) is 5.26 Å². The average molecular weight is 387 g/mol. The van der Waals surface area contributed by atoms with E-state index in [-0.39, 0.29) is 12.0 Å². The summed E-state index contributed by atoms with van der Waals surface area (Å²) in [5.41, 5.74) is 5.02. The van der Waals surface area contributed by atoms with Gasteiger partial charge in [-0.3, -0.25) is 9.36 Å². The van der Waals surface area contributed by atoms with E-state index in [0.29, 0.717) is 28.1 Å². The smallest absolute Gasteiger partial charge is 0.337 e. The van der Waals surface area contributed by atoms with Gasteiger partial charge in [-0.05, 0) is 51.5 Å². The van der Waals surface area contributed by atoms with Crippen molar-refractivity contribution < 1.29 is 14.3 Å². The molecule has 1 atom stereocenters. The highest BCUT2D eigenvalue weighted by molar-refractivity contribution is 6.10. The van der Waals surface area contributed by atoms with Gasteiger partial charge in [-0.25, -0.2) is 4.79 Å². The molecule has 6 heteroatoms. The van der Waals surface area contributed by atoms with Gasteiger partial charge in [0.1, 0.15) is 0 Å². The zero-order chi connectivity index (χ0) is 20.9. The largest absolute Gasteiger partial charge is 0.460 e. The van der Waals surface area contributed by atoms with E-state index >= 15 is 0 Å². The number of aromatic nitrogens is 1. The number of hydrogen-bond donors (Lipinski definition) is 1. The summed E-state index contributed by atoms with van der Waals surface area (Å²) in [6.45, 7) is 7.20. The lowest BCUT2D eigenvalue weighted by atomic mass is 9.78. The summed E-state index contributed by atoms with van der Waals surface area (Å²) in [6.07, 6.45) is 1.44.